The molecule has 0 saturated carbocycles. The molecule has 270 valence electrons. The van der Waals surface area contributed by atoms with Crippen molar-refractivity contribution in [2.45, 2.75) is 57.3 Å². The summed E-state index contributed by atoms with van der Waals surface area (Å²) in [5.41, 5.74) is 5.48. The molecular weight excluding hydrogens is 703 g/mol. The number of fused-ring (bicyclic) bond motifs is 1. The number of carbonyl (C=O) groups is 2. The highest BCUT2D eigenvalue weighted by Gasteiger charge is 2.22. The Kier molecular flexibility index (Phi) is 10.6. The summed E-state index contributed by atoms with van der Waals surface area (Å²) in [5, 5.41) is 18.4. The van der Waals surface area contributed by atoms with Crippen LogP contribution >= 0.6 is 23.2 Å². The van der Waals surface area contributed by atoms with Crippen LogP contribution in [0.15, 0.2) is 65.6 Å². The Morgan fingerprint density at radius 3 is 2.23 bits per heavy atom. The molecule has 0 radical (unpaired) electrons. The van der Waals surface area contributed by atoms with Gasteiger partial charge in [-0.1, -0.05) is 65.7 Å². The molecule has 14 heteroatoms. The molecule has 5 heterocycles. The zero-order chi connectivity index (χ0) is 36.4. The topological polar surface area (TPSA) is 144 Å². The molecule has 5 aromatic rings. The van der Waals surface area contributed by atoms with Crippen molar-refractivity contribution in [2.24, 2.45) is 7.05 Å². The molecule has 0 unspecified atom stereocenters. The quantitative estimate of drug-likeness (QED) is 0.125. The van der Waals surface area contributed by atoms with Crippen molar-refractivity contribution in [3.05, 3.63) is 92.6 Å². The molecule has 2 fully saturated rings. The van der Waals surface area contributed by atoms with Crippen LogP contribution in [0.3, 0.4) is 0 Å². The first-order valence-corrected chi connectivity index (χ1v) is 18.2. The second-order valence-electron chi connectivity index (χ2n) is 13.2. The van der Waals surface area contributed by atoms with Crippen LogP contribution in [0.1, 0.15) is 43.5 Å². The predicted molar refractivity (Wildman–Crippen MR) is 201 cm³/mol. The average molecular weight is 744 g/mol. The third-order valence-corrected chi connectivity index (χ3v) is 10.6. The maximum atomic E-state index is 13.4. The third-order valence-electron chi connectivity index (χ3n) is 9.77. The van der Waals surface area contributed by atoms with Crippen LogP contribution in [0.2, 0.25) is 10.0 Å². The van der Waals surface area contributed by atoms with Gasteiger partial charge < -0.3 is 26.0 Å². The monoisotopic (exact) mass is 742 g/mol. The first-order valence-electron chi connectivity index (χ1n) is 17.4. The van der Waals surface area contributed by atoms with E-state index in [-0.39, 0.29) is 29.5 Å². The Bertz CT molecular complexity index is 2220. The SMILES string of the molecule is COc1nc(-c2cccc(-c3cccc(-c4cc5c(=O)n(C)c(CNCC[C@H]6CCC(=O)N6)nn5c4)c3Cl)c2Cl)ccc1CNC[C@H]1CCC(=O)N1. The minimum atomic E-state index is -0.170. The normalized spacial score (nSPS) is 17.2. The van der Waals surface area contributed by atoms with Gasteiger partial charge in [0.05, 0.1) is 29.4 Å². The number of methoxy groups -OCH3 is 1. The predicted octanol–water partition coefficient (Wildman–Crippen LogP) is 4.87. The van der Waals surface area contributed by atoms with Gasteiger partial charge in [0.25, 0.3) is 5.56 Å². The number of halogens is 2. The van der Waals surface area contributed by atoms with Gasteiger partial charge >= 0.3 is 0 Å². The number of amides is 2. The van der Waals surface area contributed by atoms with Crippen LogP contribution in [0.5, 0.6) is 5.88 Å². The number of ether oxygens (including phenoxy) is 1. The lowest BCUT2D eigenvalue weighted by molar-refractivity contribution is -0.120. The summed E-state index contributed by atoms with van der Waals surface area (Å²) in [4.78, 5) is 41.2. The van der Waals surface area contributed by atoms with Crippen LogP contribution in [-0.2, 0) is 29.7 Å². The number of nitrogens with zero attached hydrogens (tertiary/aromatic N) is 4. The molecule has 2 amide bonds. The lowest BCUT2D eigenvalue weighted by Gasteiger charge is -2.15. The largest absolute Gasteiger partial charge is 0.481 e. The van der Waals surface area contributed by atoms with E-state index in [0.29, 0.717) is 72.0 Å². The van der Waals surface area contributed by atoms with Gasteiger partial charge in [0, 0.05) is 84.6 Å². The summed E-state index contributed by atoms with van der Waals surface area (Å²) in [7, 11) is 3.30. The van der Waals surface area contributed by atoms with Crippen molar-refractivity contribution in [2.75, 3.05) is 20.2 Å². The van der Waals surface area contributed by atoms with E-state index < -0.39 is 0 Å². The number of nitrogens with one attached hydrogen (secondary N) is 4. The molecule has 4 N–H and O–H groups in total. The van der Waals surface area contributed by atoms with Crippen LogP contribution in [0.4, 0.5) is 0 Å². The van der Waals surface area contributed by atoms with Gasteiger partial charge in [0.1, 0.15) is 11.3 Å². The van der Waals surface area contributed by atoms with Gasteiger partial charge in [-0.25, -0.2) is 9.50 Å². The second-order valence-corrected chi connectivity index (χ2v) is 14.0. The highest BCUT2D eigenvalue weighted by Crippen LogP contribution is 2.42. The zero-order valence-corrected chi connectivity index (χ0v) is 30.5. The van der Waals surface area contributed by atoms with Gasteiger partial charge in [-0.3, -0.25) is 19.0 Å². The minimum Gasteiger partial charge on any atom is -0.481 e. The van der Waals surface area contributed by atoms with Crippen molar-refractivity contribution in [3.63, 3.8) is 0 Å². The maximum absolute atomic E-state index is 13.4. The number of pyridine rings is 1. The van der Waals surface area contributed by atoms with Crippen molar-refractivity contribution in [1.82, 2.24) is 40.4 Å². The van der Waals surface area contributed by atoms with Gasteiger partial charge in [-0.15, -0.1) is 0 Å². The van der Waals surface area contributed by atoms with E-state index in [9.17, 15) is 14.4 Å². The summed E-state index contributed by atoms with van der Waals surface area (Å²) in [6, 6.07) is 17.5. The fourth-order valence-corrected chi connectivity index (χ4v) is 7.55. The Balaban J connectivity index is 1.11. The fourth-order valence-electron chi connectivity index (χ4n) is 6.89. The Hall–Kier alpha value is -4.75. The Labute approximate surface area is 310 Å². The molecule has 7 rings (SSSR count). The van der Waals surface area contributed by atoms with E-state index in [1.807, 2.05) is 54.7 Å². The number of benzene rings is 2. The summed E-state index contributed by atoms with van der Waals surface area (Å²) >= 11 is 14.2. The molecule has 3 aromatic heterocycles. The average Bonchev–Trinajstić information content (AvgIpc) is 3.89. The second kappa shape index (κ2) is 15.5. The molecule has 2 aromatic carbocycles. The van der Waals surface area contributed by atoms with E-state index in [2.05, 4.69) is 21.3 Å². The van der Waals surface area contributed by atoms with Crippen molar-refractivity contribution in [1.29, 1.82) is 0 Å². The lowest BCUT2D eigenvalue weighted by Crippen LogP contribution is -2.35. The van der Waals surface area contributed by atoms with E-state index in [1.54, 1.807) is 29.3 Å². The van der Waals surface area contributed by atoms with E-state index in [0.717, 1.165) is 52.6 Å². The number of hydrogen-bond acceptors (Lipinski definition) is 8. The smallest absolute Gasteiger partial charge is 0.277 e. The fraction of sp³-hybridized carbons (Fsp3) is 0.342. The maximum Gasteiger partial charge on any atom is 0.277 e. The zero-order valence-electron chi connectivity index (χ0n) is 29.0. The van der Waals surface area contributed by atoms with Crippen molar-refractivity contribution >= 4 is 40.5 Å². The molecule has 2 aliphatic rings. The number of aromatic nitrogens is 4. The van der Waals surface area contributed by atoms with Crippen LogP contribution in [0.25, 0.3) is 39.0 Å². The molecule has 52 heavy (non-hydrogen) atoms. The number of rotatable bonds is 13. The van der Waals surface area contributed by atoms with Crippen LogP contribution in [-0.4, -0.2) is 63.3 Å². The van der Waals surface area contributed by atoms with Gasteiger partial charge in [0.15, 0.2) is 0 Å². The molecule has 2 saturated heterocycles. The molecule has 0 bridgehead atoms. The summed E-state index contributed by atoms with van der Waals surface area (Å²) in [6.07, 6.45) is 5.44. The standard InChI is InChI=1S/C38H40Cl2N8O4/c1-47-32(20-41-16-15-24-10-13-33(49)43-24)46-48-21-23(17-31(48)38(47)51)26-5-3-6-27(35(26)39)28-7-4-8-29(36(28)40)30-12-9-22(37(45-30)52-2)18-42-19-25-11-14-34(50)44-25/h3-9,12,17,21,24-25,41-42H,10-11,13-16,18-20H2,1-2H3,(H,43,49)(H,44,50)/t24-,25-/m1/s1. The molecule has 12 nitrogen and oxygen atoms in total. The minimum absolute atomic E-state index is 0.0912. The lowest BCUT2D eigenvalue weighted by atomic mass is 9.97. The third kappa shape index (κ3) is 7.42. The summed E-state index contributed by atoms with van der Waals surface area (Å²) in [6.45, 7) is 2.30. The van der Waals surface area contributed by atoms with Crippen LogP contribution < -0.4 is 31.6 Å². The summed E-state index contributed by atoms with van der Waals surface area (Å²) < 4.78 is 8.80. The van der Waals surface area contributed by atoms with E-state index >= 15 is 0 Å². The number of hydrogen-bond donors (Lipinski definition) is 4. The van der Waals surface area contributed by atoms with Crippen LogP contribution in [0, 0.1) is 0 Å². The molecular formula is C38H40Cl2N8O4. The first-order chi connectivity index (χ1) is 25.2. The molecule has 2 atom stereocenters. The van der Waals surface area contributed by atoms with Gasteiger partial charge in [-0.2, -0.15) is 5.10 Å². The highest BCUT2D eigenvalue weighted by molar-refractivity contribution is 6.39. The van der Waals surface area contributed by atoms with E-state index in [1.165, 1.54) is 0 Å². The Morgan fingerprint density at radius 2 is 1.54 bits per heavy atom. The van der Waals surface area contributed by atoms with Crippen molar-refractivity contribution in [3.8, 4) is 39.4 Å². The summed E-state index contributed by atoms with van der Waals surface area (Å²) in [5.74, 6) is 1.27. The van der Waals surface area contributed by atoms with E-state index in [4.69, 9.17) is 38.0 Å². The molecule has 0 spiro atoms. The Morgan fingerprint density at radius 1 is 0.865 bits per heavy atom. The number of carbonyl (C=O) groups excluding carboxylic acids is 2. The van der Waals surface area contributed by atoms with Gasteiger partial charge in [0.2, 0.25) is 17.7 Å². The van der Waals surface area contributed by atoms with Gasteiger partial charge in [-0.05, 0) is 37.9 Å². The first kappa shape index (κ1) is 35.6. The highest BCUT2D eigenvalue weighted by atomic mass is 35.5. The molecule has 2 aliphatic heterocycles. The van der Waals surface area contributed by atoms with Crippen molar-refractivity contribution < 1.29 is 14.3 Å². The molecule has 0 aliphatic carbocycles.